The lowest BCUT2D eigenvalue weighted by Gasteiger charge is -2.42. The highest BCUT2D eigenvalue weighted by Gasteiger charge is 2.35. The van der Waals surface area contributed by atoms with Crippen LogP contribution in [0.4, 0.5) is 0 Å². The average Bonchev–Trinajstić information content (AvgIpc) is 2.16. The zero-order valence-electron chi connectivity index (χ0n) is 13.7. The zero-order chi connectivity index (χ0) is 14.8. The summed E-state index contributed by atoms with van der Waals surface area (Å²) in [6.45, 7) is 12.4. The quantitative estimate of drug-likeness (QED) is 0.825. The van der Waals surface area contributed by atoms with Crippen molar-refractivity contribution < 1.29 is 5.11 Å². The lowest BCUT2D eigenvalue weighted by molar-refractivity contribution is 0.0307. The number of nitrogens with two attached hydrogens (primary N) is 1. The lowest BCUT2D eigenvalue weighted by atomic mass is 9.67. The van der Waals surface area contributed by atoms with Crippen LogP contribution in [0, 0.1) is 17.3 Å². The molecule has 1 fully saturated rings. The Morgan fingerprint density at radius 2 is 1.74 bits per heavy atom. The summed E-state index contributed by atoms with van der Waals surface area (Å²) in [5, 5.41) is 9.89. The van der Waals surface area contributed by atoms with Crippen LogP contribution >= 0.6 is 0 Å². The third kappa shape index (κ3) is 5.80. The van der Waals surface area contributed by atoms with Gasteiger partial charge in [0, 0.05) is 19.1 Å². The Bertz CT molecular complexity index is 277. The summed E-state index contributed by atoms with van der Waals surface area (Å²) in [6, 6.07) is 0.322. The minimum absolute atomic E-state index is 0.322. The van der Waals surface area contributed by atoms with Crippen LogP contribution in [-0.2, 0) is 0 Å². The molecule has 1 rings (SSSR count). The molecule has 0 spiro atoms. The molecule has 1 aliphatic rings. The van der Waals surface area contributed by atoms with Gasteiger partial charge in [0.05, 0.1) is 5.60 Å². The standard InChI is InChI=1S/C16H34N2O/c1-15(2,3)13-7-8-14(17)12(9-13)10-18(6)11-16(4,5)19/h12-14,19H,7-11,17H2,1-6H3. The zero-order valence-corrected chi connectivity index (χ0v) is 13.7. The van der Waals surface area contributed by atoms with Gasteiger partial charge in [-0.1, -0.05) is 20.8 Å². The largest absolute Gasteiger partial charge is 0.389 e. The molecule has 0 aliphatic heterocycles. The Labute approximate surface area is 119 Å². The molecule has 3 heteroatoms. The Kier molecular flexibility index (Phi) is 5.44. The molecule has 3 nitrogen and oxygen atoms in total. The van der Waals surface area contributed by atoms with Crippen LogP contribution in [0.15, 0.2) is 0 Å². The van der Waals surface area contributed by atoms with Crippen molar-refractivity contribution in [3.8, 4) is 0 Å². The molecular formula is C16H34N2O. The Balaban J connectivity index is 2.55. The van der Waals surface area contributed by atoms with Crippen molar-refractivity contribution in [2.75, 3.05) is 20.1 Å². The van der Waals surface area contributed by atoms with Gasteiger partial charge in [-0.2, -0.15) is 0 Å². The number of likely N-dealkylation sites (N-methyl/N-ethyl adjacent to an activating group) is 1. The average molecular weight is 270 g/mol. The Hall–Kier alpha value is -0.120. The molecule has 0 radical (unpaired) electrons. The number of nitrogens with zero attached hydrogens (tertiary/aromatic N) is 1. The van der Waals surface area contributed by atoms with Crippen molar-refractivity contribution in [3.05, 3.63) is 0 Å². The van der Waals surface area contributed by atoms with E-state index in [0.29, 0.717) is 23.9 Å². The van der Waals surface area contributed by atoms with Crippen molar-refractivity contribution in [1.82, 2.24) is 4.90 Å². The molecule has 0 aromatic rings. The van der Waals surface area contributed by atoms with Crippen LogP contribution in [0.3, 0.4) is 0 Å². The van der Waals surface area contributed by atoms with Crippen LogP contribution in [0.5, 0.6) is 0 Å². The minimum atomic E-state index is -0.628. The summed E-state index contributed by atoms with van der Waals surface area (Å²) in [5.41, 5.74) is 6.06. The van der Waals surface area contributed by atoms with E-state index in [2.05, 4.69) is 32.7 Å². The summed E-state index contributed by atoms with van der Waals surface area (Å²) < 4.78 is 0. The predicted octanol–water partition coefficient (Wildman–Crippen LogP) is 2.48. The molecular weight excluding hydrogens is 236 g/mol. The van der Waals surface area contributed by atoms with Gasteiger partial charge in [-0.05, 0) is 57.4 Å². The first-order valence-electron chi connectivity index (χ1n) is 7.65. The summed E-state index contributed by atoms with van der Waals surface area (Å²) in [6.07, 6.45) is 3.63. The number of hydrogen-bond donors (Lipinski definition) is 2. The van der Waals surface area contributed by atoms with E-state index < -0.39 is 5.60 Å². The van der Waals surface area contributed by atoms with Gasteiger partial charge in [0.1, 0.15) is 0 Å². The van der Waals surface area contributed by atoms with E-state index in [1.807, 2.05) is 13.8 Å². The highest BCUT2D eigenvalue weighted by Crippen LogP contribution is 2.40. The highest BCUT2D eigenvalue weighted by atomic mass is 16.3. The van der Waals surface area contributed by atoms with Gasteiger partial charge in [0.2, 0.25) is 0 Å². The fraction of sp³-hybridized carbons (Fsp3) is 1.00. The molecule has 0 amide bonds. The molecule has 3 unspecified atom stereocenters. The topological polar surface area (TPSA) is 49.5 Å². The second kappa shape index (κ2) is 6.11. The maximum atomic E-state index is 9.89. The van der Waals surface area contributed by atoms with Crippen molar-refractivity contribution in [3.63, 3.8) is 0 Å². The molecule has 1 saturated carbocycles. The lowest BCUT2D eigenvalue weighted by Crippen LogP contribution is -2.46. The number of hydrogen-bond acceptors (Lipinski definition) is 3. The summed E-state index contributed by atoms with van der Waals surface area (Å²) in [7, 11) is 2.09. The van der Waals surface area contributed by atoms with Gasteiger partial charge in [-0.15, -0.1) is 0 Å². The molecule has 0 heterocycles. The van der Waals surface area contributed by atoms with E-state index in [1.54, 1.807) is 0 Å². The molecule has 19 heavy (non-hydrogen) atoms. The molecule has 0 bridgehead atoms. The SMILES string of the molecule is CN(CC1CC(C(C)(C)C)CCC1N)CC(C)(C)O. The van der Waals surface area contributed by atoms with Crippen LogP contribution in [0.1, 0.15) is 53.9 Å². The van der Waals surface area contributed by atoms with Crippen LogP contribution < -0.4 is 5.73 Å². The second-order valence-electron chi connectivity index (χ2n) is 8.31. The van der Waals surface area contributed by atoms with Gasteiger partial charge in [0.25, 0.3) is 0 Å². The number of aliphatic hydroxyl groups is 1. The molecule has 114 valence electrons. The van der Waals surface area contributed by atoms with Gasteiger partial charge < -0.3 is 15.7 Å². The van der Waals surface area contributed by atoms with Gasteiger partial charge in [-0.25, -0.2) is 0 Å². The molecule has 3 atom stereocenters. The highest BCUT2D eigenvalue weighted by molar-refractivity contribution is 4.89. The van der Waals surface area contributed by atoms with Gasteiger partial charge in [-0.3, -0.25) is 0 Å². The Morgan fingerprint density at radius 1 is 1.16 bits per heavy atom. The van der Waals surface area contributed by atoms with Crippen LogP contribution in [0.25, 0.3) is 0 Å². The van der Waals surface area contributed by atoms with E-state index in [9.17, 15) is 5.11 Å². The molecule has 0 aromatic heterocycles. The first kappa shape index (κ1) is 16.9. The minimum Gasteiger partial charge on any atom is -0.389 e. The second-order valence-corrected chi connectivity index (χ2v) is 8.31. The Morgan fingerprint density at radius 3 is 2.21 bits per heavy atom. The van der Waals surface area contributed by atoms with Gasteiger partial charge in [0.15, 0.2) is 0 Å². The van der Waals surface area contributed by atoms with E-state index in [0.717, 1.165) is 18.9 Å². The van der Waals surface area contributed by atoms with E-state index in [1.165, 1.54) is 12.8 Å². The predicted molar refractivity (Wildman–Crippen MR) is 82.1 cm³/mol. The first-order chi connectivity index (χ1) is 8.49. The molecule has 0 saturated heterocycles. The van der Waals surface area contributed by atoms with Crippen molar-refractivity contribution in [1.29, 1.82) is 0 Å². The van der Waals surface area contributed by atoms with Crippen molar-refractivity contribution in [2.45, 2.75) is 65.5 Å². The summed E-state index contributed by atoms with van der Waals surface area (Å²) >= 11 is 0. The third-order valence-electron chi connectivity index (χ3n) is 4.47. The molecule has 3 N–H and O–H groups in total. The first-order valence-corrected chi connectivity index (χ1v) is 7.65. The molecule has 0 aromatic carbocycles. The maximum absolute atomic E-state index is 9.89. The van der Waals surface area contributed by atoms with E-state index in [4.69, 9.17) is 5.73 Å². The fourth-order valence-electron chi connectivity index (χ4n) is 3.41. The monoisotopic (exact) mass is 270 g/mol. The fourth-order valence-corrected chi connectivity index (χ4v) is 3.41. The summed E-state index contributed by atoms with van der Waals surface area (Å²) in [4.78, 5) is 2.23. The summed E-state index contributed by atoms with van der Waals surface area (Å²) in [5.74, 6) is 1.33. The van der Waals surface area contributed by atoms with Crippen LogP contribution in [-0.4, -0.2) is 41.8 Å². The number of rotatable bonds is 4. The van der Waals surface area contributed by atoms with E-state index >= 15 is 0 Å². The van der Waals surface area contributed by atoms with E-state index in [-0.39, 0.29) is 0 Å². The maximum Gasteiger partial charge on any atom is 0.0718 e. The third-order valence-corrected chi connectivity index (χ3v) is 4.47. The van der Waals surface area contributed by atoms with Crippen LogP contribution in [0.2, 0.25) is 0 Å². The van der Waals surface area contributed by atoms with Crippen molar-refractivity contribution in [2.24, 2.45) is 23.0 Å². The van der Waals surface area contributed by atoms with Gasteiger partial charge >= 0.3 is 0 Å². The normalized spacial score (nSPS) is 29.8. The van der Waals surface area contributed by atoms with Crippen molar-refractivity contribution >= 4 is 0 Å². The smallest absolute Gasteiger partial charge is 0.0718 e. The molecule has 1 aliphatic carbocycles.